The number of piperidine rings is 1. The summed E-state index contributed by atoms with van der Waals surface area (Å²) in [5.74, 6) is -0.518. The normalized spacial score (nSPS) is 25.4. The van der Waals surface area contributed by atoms with Gasteiger partial charge in [-0.15, -0.1) is 0 Å². The molecule has 3 atom stereocenters. The van der Waals surface area contributed by atoms with Crippen LogP contribution in [0.5, 0.6) is 0 Å². The molecule has 1 aromatic carbocycles. The highest BCUT2D eigenvalue weighted by molar-refractivity contribution is 6.42. The van der Waals surface area contributed by atoms with Gasteiger partial charge >= 0.3 is 6.09 Å². The Morgan fingerprint density at radius 2 is 1.76 bits per heavy atom. The monoisotopic (exact) mass is 496 g/mol. The topological polar surface area (TPSA) is 119 Å². The van der Waals surface area contributed by atoms with Crippen LogP contribution in [0.4, 0.5) is 4.79 Å². The zero-order chi connectivity index (χ0) is 23.7. The van der Waals surface area contributed by atoms with E-state index in [4.69, 9.17) is 28.3 Å². The molecule has 0 aromatic heterocycles. The Labute approximate surface area is 201 Å². The van der Waals surface area contributed by atoms with Crippen molar-refractivity contribution in [3.8, 4) is 0 Å². The van der Waals surface area contributed by atoms with E-state index in [1.807, 2.05) is 6.07 Å². The molecule has 4 rings (SSSR count). The second-order valence-corrected chi connectivity index (χ2v) is 9.71. The number of halogens is 2. The van der Waals surface area contributed by atoms with Crippen molar-refractivity contribution in [1.82, 2.24) is 20.4 Å². The third kappa shape index (κ3) is 5.19. The molecule has 9 nitrogen and oxygen atoms in total. The highest BCUT2D eigenvalue weighted by Crippen LogP contribution is 2.36. The van der Waals surface area contributed by atoms with Crippen molar-refractivity contribution in [2.75, 3.05) is 32.7 Å². The summed E-state index contributed by atoms with van der Waals surface area (Å²) in [6, 6.07) is 4.92. The molecule has 1 unspecified atom stereocenters. The van der Waals surface area contributed by atoms with E-state index in [0.29, 0.717) is 49.1 Å². The lowest BCUT2D eigenvalue weighted by Crippen LogP contribution is -2.59. The number of carboxylic acid groups (broad SMARTS) is 1. The first-order valence-corrected chi connectivity index (χ1v) is 11.8. The first-order valence-electron chi connectivity index (χ1n) is 11.0. The number of β-lactam (4-membered cyclic amide) rings is 1. The van der Waals surface area contributed by atoms with Crippen LogP contribution >= 0.6 is 23.2 Å². The van der Waals surface area contributed by atoms with Gasteiger partial charge in [-0.1, -0.05) is 29.3 Å². The molecule has 0 saturated carbocycles. The highest BCUT2D eigenvalue weighted by atomic mass is 35.5. The minimum Gasteiger partial charge on any atom is -0.465 e. The predicted molar refractivity (Wildman–Crippen MR) is 121 cm³/mol. The molecule has 0 aliphatic carbocycles. The van der Waals surface area contributed by atoms with Gasteiger partial charge in [0.15, 0.2) is 0 Å². The van der Waals surface area contributed by atoms with E-state index in [0.717, 1.165) is 5.56 Å². The van der Waals surface area contributed by atoms with Gasteiger partial charge in [-0.05, 0) is 30.5 Å². The molecular weight excluding hydrogens is 471 g/mol. The van der Waals surface area contributed by atoms with Crippen molar-refractivity contribution < 1.29 is 24.3 Å². The van der Waals surface area contributed by atoms with Gasteiger partial charge in [-0.25, -0.2) is 4.79 Å². The first-order chi connectivity index (χ1) is 15.7. The van der Waals surface area contributed by atoms with Gasteiger partial charge in [-0.3, -0.25) is 14.4 Å². The second-order valence-electron chi connectivity index (χ2n) is 8.89. The Morgan fingerprint density at radius 1 is 1.06 bits per heavy atom. The second kappa shape index (κ2) is 9.77. The average Bonchev–Trinajstić information content (AvgIpc) is 3.21. The molecule has 3 fully saturated rings. The lowest BCUT2D eigenvalue weighted by molar-refractivity contribution is -0.146. The molecule has 3 heterocycles. The van der Waals surface area contributed by atoms with E-state index in [1.54, 1.807) is 21.9 Å². The van der Waals surface area contributed by atoms with Gasteiger partial charge in [0.2, 0.25) is 17.7 Å². The van der Waals surface area contributed by atoms with Crippen LogP contribution in [0.2, 0.25) is 10.0 Å². The third-order valence-corrected chi connectivity index (χ3v) is 7.56. The fourth-order valence-corrected chi connectivity index (χ4v) is 5.24. The quantitative estimate of drug-likeness (QED) is 0.538. The Balaban J connectivity index is 1.39. The van der Waals surface area contributed by atoms with Crippen molar-refractivity contribution >= 4 is 47.0 Å². The summed E-state index contributed by atoms with van der Waals surface area (Å²) >= 11 is 12.2. The van der Waals surface area contributed by atoms with E-state index in [2.05, 4.69) is 10.6 Å². The molecule has 0 spiro atoms. The van der Waals surface area contributed by atoms with E-state index < -0.39 is 12.1 Å². The summed E-state index contributed by atoms with van der Waals surface area (Å²) in [4.78, 5) is 51.4. The fourth-order valence-electron chi connectivity index (χ4n) is 4.93. The largest absolute Gasteiger partial charge is 0.465 e. The van der Waals surface area contributed by atoms with Crippen LogP contribution in [0.15, 0.2) is 18.2 Å². The fraction of sp³-hybridized carbons (Fsp3) is 0.545. The number of likely N-dealkylation sites (tertiary alicyclic amines) is 2. The first kappa shape index (κ1) is 23.6. The predicted octanol–water partition coefficient (Wildman–Crippen LogP) is 1.93. The van der Waals surface area contributed by atoms with E-state index in [-0.39, 0.29) is 48.4 Å². The molecule has 0 radical (unpaired) electrons. The van der Waals surface area contributed by atoms with Gasteiger partial charge in [0.25, 0.3) is 0 Å². The minimum atomic E-state index is -1.10. The average molecular weight is 497 g/mol. The Hall–Kier alpha value is -2.52. The molecule has 3 aliphatic rings. The molecule has 3 aliphatic heterocycles. The minimum absolute atomic E-state index is 0.0296. The molecule has 178 valence electrons. The van der Waals surface area contributed by atoms with E-state index in [1.165, 1.54) is 0 Å². The van der Waals surface area contributed by atoms with Crippen LogP contribution in [0, 0.1) is 11.8 Å². The summed E-state index contributed by atoms with van der Waals surface area (Å²) in [6.45, 7) is 2.10. The summed E-state index contributed by atoms with van der Waals surface area (Å²) in [5.41, 5.74) is 0.917. The van der Waals surface area contributed by atoms with Crippen LogP contribution in [0.25, 0.3) is 0 Å². The molecule has 3 N–H and O–H groups in total. The van der Waals surface area contributed by atoms with Crippen LogP contribution in [0.1, 0.15) is 30.7 Å². The molecule has 1 aromatic rings. The number of nitrogens with zero attached hydrogens (tertiary/aromatic N) is 2. The zero-order valence-electron chi connectivity index (χ0n) is 17.9. The Kier molecular flexibility index (Phi) is 6.99. The standard InChI is InChI=1S/C22H26Cl2N4O5/c23-16-2-1-13(7-17(16)24)15-11-28(10-14(15)9-25-22(32)33)20(30)12-3-5-27(6-4-12)21(31)18-8-19(29)26-18/h1-2,7,12,14-15,18,25H,3-6,8-11H2,(H,26,29)(H,32,33)/t14-,15-,18?/m0/s1. The van der Waals surface area contributed by atoms with Crippen LogP contribution in [0.3, 0.4) is 0 Å². The van der Waals surface area contributed by atoms with Crippen molar-refractivity contribution in [3.05, 3.63) is 33.8 Å². The zero-order valence-corrected chi connectivity index (χ0v) is 19.4. The lowest BCUT2D eigenvalue weighted by atomic mass is 9.89. The SMILES string of the molecule is O=C(O)NC[C@H]1CN(C(=O)C2CCN(C(=O)C3CC(=O)N3)CC2)C[C@H]1c1ccc(Cl)c(Cl)c1. The van der Waals surface area contributed by atoms with Gasteiger partial charge in [0.05, 0.1) is 16.5 Å². The maximum atomic E-state index is 13.3. The van der Waals surface area contributed by atoms with Gasteiger partial charge in [0, 0.05) is 50.5 Å². The molecule has 0 bridgehead atoms. The number of carbonyl (C=O) groups excluding carboxylic acids is 3. The molecule has 4 amide bonds. The van der Waals surface area contributed by atoms with Crippen molar-refractivity contribution in [2.45, 2.75) is 31.2 Å². The number of rotatable bonds is 5. The maximum Gasteiger partial charge on any atom is 0.404 e. The third-order valence-electron chi connectivity index (χ3n) is 6.82. The summed E-state index contributed by atoms with van der Waals surface area (Å²) in [5, 5.41) is 15.0. The number of nitrogens with one attached hydrogen (secondary N) is 2. The molecule has 11 heteroatoms. The van der Waals surface area contributed by atoms with Crippen molar-refractivity contribution in [1.29, 1.82) is 0 Å². The smallest absolute Gasteiger partial charge is 0.404 e. The molecule has 3 saturated heterocycles. The van der Waals surface area contributed by atoms with Crippen LogP contribution in [-0.2, 0) is 14.4 Å². The summed E-state index contributed by atoms with van der Waals surface area (Å²) in [6.07, 6.45) is 0.259. The van der Waals surface area contributed by atoms with Gasteiger partial charge in [0.1, 0.15) is 6.04 Å². The van der Waals surface area contributed by atoms with Gasteiger partial charge < -0.3 is 25.5 Å². The van der Waals surface area contributed by atoms with E-state index >= 15 is 0 Å². The summed E-state index contributed by atoms with van der Waals surface area (Å²) < 4.78 is 0. The Morgan fingerprint density at radius 3 is 2.36 bits per heavy atom. The molecular formula is C22H26Cl2N4O5. The number of benzene rings is 1. The maximum absolute atomic E-state index is 13.3. The van der Waals surface area contributed by atoms with E-state index in [9.17, 15) is 19.2 Å². The van der Waals surface area contributed by atoms with Crippen molar-refractivity contribution in [2.24, 2.45) is 11.8 Å². The highest BCUT2D eigenvalue weighted by Gasteiger charge is 2.41. The van der Waals surface area contributed by atoms with Crippen LogP contribution < -0.4 is 10.6 Å². The van der Waals surface area contributed by atoms with Crippen molar-refractivity contribution in [3.63, 3.8) is 0 Å². The lowest BCUT2D eigenvalue weighted by Gasteiger charge is -2.37. The number of hydrogen-bond donors (Lipinski definition) is 3. The summed E-state index contributed by atoms with van der Waals surface area (Å²) in [7, 11) is 0. The number of amides is 4. The van der Waals surface area contributed by atoms with Gasteiger partial charge in [-0.2, -0.15) is 0 Å². The number of hydrogen-bond acceptors (Lipinski definition) is 4. The van der Waals surface area contributed by atoms with Crippen LogP contribution in [-0.4, -0.2) is 77.5 Å². The Bertz CT molecular complexity index is 958. The molecule has 33 heavy (non-hydrogen) atoms. The number of carbonyl (C=O) groups is 4.